The van der Waals surface area contributed by atoms with E-state index in [-0.39, 0.29) is 11.5 Å². The summed E-state index contributed by atoms with van der Waals surface area (Å²) in [4.78, 5) is 28.3. The van der Waals surface area contributed by atoms with Crippen LogP contribution in [0.4, 0.5) is 5.69 Å². The van der Waals surface area contributed by atoms with Crippen LogP contribution in [0.2, 0.25) is 0 Å². The van der Waals surface area contributed by atoms with Crippen molar-refractivity contribution in [3.63, 3.8) is 0 Å². The molecule has 0 aliphatic carbocycles. The van der Waals surface area contributed by atoms with E-state index in [1.807, 2.05) is 0 Å². The van der Waals surface area contributed by atoms with Gasteiger partial charge in [0.05, 0.1) is 23.9 Å². The van der Waals surface area contributed by atoms with Crippen LogP contribution in [0.5, 0.6) is 0 Å². The molecule has 0 atom stereocenters. The maximum absolute atomic E-state index is 12.3. The number of para-hydroxylation sites is 1. The Morgan fingerprint density at radius 2 is 1.96 bits per heavy atom. The third-order valence-corrected chi connectivity index (χ3v) is 3.33. The van der Waals surface area contributed by atoms with Gasteiger partial charge in [-0.3, -0.25) is 4.79 Å². The van der Waals surface area contributed by atoms with Gasteiger partial charge in [-0.25, -0.2) is 14.5 Å². The second-order valence-corrected chi connectivity index (χ2v) is 4.85. The van der Waals surface area contributed by atoms with E-state index in [1.54, 1.807) is 59.5 Å². The monoisotopic (exact) mass is 322 g/mol. The van der Waals surface area contributed by atoms with Crippen LogP contribution in [0.15, 0.2) is 61.1 Å². The third kappa shape index (κ3) is 3.14. The van der Waals surface area contributed by atoms with Crippen LogP contribution in [-0.4, -0.2) is 33.8 Å². The van der Waals surface area contributed by atoms with Crippen molar-refractivity contribution in [2.45, 2.75) is 0 Å². The van der Waals surface area contributed by atoms with Crippen molar-refractivity contribution < 1.29 is 14.3 Å². The lowest BCUT2D eigenvalue weighted by atomic mass is 10.1. The number of nitrogens with one attached hydrogen (secondary N) is 1. The summed E-state index contributed by atoms with van der Waals surface area (Å²) < 4.78 is 6.30. The van der Waals surface area contributed by atoms with Gasteiger partial charge >= 0.3 is 5.97 Å². The molecule has 0 saturated heterocycles. The van der Waals surface area contributed by atoms with Gasteiger partial charge in [-0.05, 0) is 30.3 Å². The Labute approximate surface area is 137 Å². The second kappa shape index (κ2) is 6.74. The Hall–Kier alpha value is -3.48. The number of anilines is 1. The number of pyridine rings is 1. The fourth-order valence-electron chi connectivity index (χ4n) is 2.13. The highest BCUT2D eigenvalue weighted by Crippen LogP contribution is 2.17. The number of methoxy groups -OCH3 is 1. The molecule has 7 heteroatoms. The van der Waals surface area contributed by atoms with Crippen LogP contribution in [0.3, 0.4) is 0 Å². The average Bonchev–Trinajstić information content (AvgIpc) is 3.16. The fraction of sp³-hybridized carbons (Fsp3) is 0.0588. The average molecular weight is 322 g/mol. The molecule has 7 nitrogen and oxygen atoms in total. The molecule has 1 amide bonds. The minimum Gasteiger partial charge on any atom is -0.465 e. The smallest absolute Gasteiger partial charge is 0.339 e. The predicted molar refractivity (Wildman–Crippen MR) is 87.1 cm³/mol. The summed E-state index contributed by atoms with van der Waals surface area (Å²) in [7, 11) is 1.29. The zero-order chi connectivity index (χ0) is 16.9. The minimum absolute atomic E-state index is 0.287. The quantitative estimate of drug-likeness (QED) is 0.745. The lowest BCUT2D eigenvalue weighted by molar-refractivity contribution is 0.0602. The van der Waals surface area contributed by atoms with Gasteiger partial charge < -0.3 is 10.1 Å². The lowest BCUT2D eigenvalue weighted by Crippen LogP contribution is -2.15. The number of esters is 1. The van der Waals surface area contributed by atoms with Gasteiger partial charge in [-0.2, -0.15) is 5.10 Å². The number of carbonyl (C=O) groups excluding carboxylic acids is 2. The van der Waals surface area contributed by atoms with Crippen LogP contribution in [0.1, 0.15) is 20.7 Å². The highest BCUT2D eigenvalue weighted by atomic mass is 16.5. The SMILES string of the molecule is COC(=O)c1ccccc1NC(=O)c1ccc(-n2cccn2)nc1. The lowest BCUT2D eigenvalue weighted by Gasteiger charge is -2.09. The van der Waals surface area contributed by atoms with Crippen LogP contribution >= 0.6 is 0 Å². The molecule has 0 fully saturated rings. The van der Waals surface area contributed by atoms with E-state index in [4.69, 9.17) is 4.74 Å². The Morgan fingerprint density at radius 3 is 2.62 bits per heavy atom. The minimum atomic E-state index is -0.516. The largest absolute Gasteiger partial charge is 0.465 e. The van der Waals surface area contributed by atoms with Crippen LogP contribution in [0, 0.1) is 0 Å². The van der Waals surface area contributed by atoms with Gasteiger partial charge in [0.25, 0.3) is 5.91 Å². The molecule has 24 heavy (non-hydrogen) atoms. The zero-order valence-corrected chi connectivity index (χ0v) is 12.8. The topological polar surface area (TPSA) is 86.1 Å². The first-order valence-corrected chi connectivity index (χ1v) is 7.14. The van der Waals surface area contributed by atoms with Crippen molar-refractivity contribution in [2.75, 3.05) is 12.4 Å². The summed E-state index contributed by atoms with van der Waals surface area (Å²) in [5.74, 6) is -0.282. The van der Waals surface area contributed by atoms with E-state index in [9.17, 15) is 9.59 Å². The first-order valence-electron chi connectivity index (χ1n) is 7.14. The molecule has 0 unspecified atom stereocenters. The molecule has 3 aromatic rings. The molecule has 2 aromatic heterocycles. The van der Waals surface area contributed by atoms with E-state index in [1.165, 1.54) is 13.3 Å². The molecular formula is C17H14N4O3. The van der Waals surface area contributed by atoms with Crippen molar-refractivity contribution in [1.29, 1.82) is 0 Å². The number of ether oxygens (including phenoxy) is 1. The first-order chi connectivity index (χ1) is 11.7. The molecule has 0 aliphatic heterocycles. The molecule has 0 saturated carbocycles. The Kier molecular flexibility index (Phi) is 4.33. The van der Waals surface area contributed by atoms with Crippen LogP contribution in [0.25, 0.3) is 5.82 Å². The van der Waals surface area contributed by atoms with Crippen molar-refractivity contribution in [3.8, 4) is 5.82 Å². The van der Waals surface area contributed by atoms with Crippen molar-refractivity contribution in [2.24, 2.45) is 0 Å². The zero-order valence-electron chi connectivity index (χ0n) is 12.8. The number of aromatic nitrogens is 3. The van der Waals surface area contributed by atoms with Gasteiger partial charge in [-0.15, -0.1) is 0 Å². The predicted octanol–water partition coefficient (Wildman–Crippen LogP) is 2.31. The number of amides is 1. The van der Waals surface area contributed by atoms with Gasteiger partial charge in [0.1, 0.15) is 0 Å². The van der Waals surface area contributed by atoms with Crippen LogP contribution in [-0.2, 0) is 4.74 Å². The molecule has 0 bridgehead atoms. The molecule has 0 spiro atoms. The Morgan fingerprint density at radius 1 is 1.12 bits per heavy atom. The number of hydrogen-bond acceptors (Lipinski definition) is 5. The number of benzene rings is 1. The number of carbonyl (C=O) groups is 2. The second-order valence-electron chi connectivity index (χ2n) is 4.85. The first kappa shape index (κ1) is 15.4. The van der Waals surface area contributed by atoms with Crippen molar-refractivity contribution in [1.82, 2.24) is 14.8 Å². The molecule has 1 aromatic carbocycles. The molecule has 0 aliphatic rings. The summed E-state index contributed by atoms with van der Waals surface area (Å²) >= 11 is 0. The van der Waals surface area contributed by atoms with Gasteiger partial charge in [-0.1, -0.05) is 12.1 Å². The van der Waals surface area contributed by atoms with E-state index in [2.05, 4.69) is 15.4 Å². The summed E-state index contributed by atoms with van der Waals surface area (Å²) in [6.07, 6.45) is 4.85. The summed E-state index contributed by atoms with van der Waals surface area (Å²) in [6.45, 7) is 0. The third-order valence-electron chi connectivity index (χ3n) is 3.33. The molecule has 1 N–H and O–H groups in total. The summed E-state index contributed by atoms with van der Waals surface area (Å²) in [6, 6.07) is 11.7. The van der Waals surface area contributed by atoms with Crippen LogP contribution < -0.4 is 5.32 Å². The van der Waals surface area contributed by atoms with E-state index in [0.29, 0.717) is 17.1 Å². The standard InChI is InChI=1S/C17H14N4O3/c1-24-17(23)13-5-2-3-6-14(13)20-16(22)12-7-8-15(18-11-12)21-10-4-9-19-21/h2-11H,1H3,(H,20,22). The molecule has 2 heterocycles. The molecular weight excluding hydrogens is 308 g/mol. The Balaban J connectivity index is 1.80. The van der Waals surface area contributed by atoms with E-state index in [0.717, 1.165) is 0 Å². The number of hydrogen-bond donors (Lipinski definition) is 1. The molecule has 120 valence electrons. The molecule has 3 rings (SSSR count). The van der Waals surface area contributed by atoms with E-state index < -0.39 is 5.97 Å². The number of nitrogens with zero attached hydrogens (tertiary/aromatic N) is 3. The molecule has 0 radical (unpaired) electrons. The van der Waals surface area contributed by atoms with Gasteiger partial charge in [0.15, 0.2) is 5.82 Å². The van der Waals surface area contributed by atoms with Crippen molar-refractivity contribution in [3.05, 3.63) is 72.2 Å². The van der Waals surface area contributed by atoms with Gasteiger partial charge in [0.2, 0.25) is 0 Å². The maximum Gasteiger partial charge on any atom is 0.339 e. The van der Waals surface area contributed by atoms with E-state index >= 15 is 0 Å². The summed E-state index contributed by atoms with van der Waals surface area (Å²) in [5, 5.41) is 6.77. The maximum atomic E-state index is 12.3. The Bertz CT molecular complexity index is 858. The highest BCUT2D eigenvalue weighted by molar-refractivity contribution is 6.07. The summed E-state index contributed by atoms with van der Waals surface area (Å²) in [5.41, 5.74) is 1.03. The highest BCUT2D eigenvalue weighted by Gasteiger charge is 2.14. The number of rotatable bonds is 4. The van der Waals surface area contributed by atoms with Gasteiger partial charge in [0, 0.05) is 18.6 Å². The van der Waals surface area contributed by atoms with Crippen molar-refractivity contribution >= 4 is 17.6 Å². The normalized spacial score (nSPS) is 10.2. The fourth-order valence-corrected chi connectivity index (χ4v) is 2.13.